The third-order valence-corrected chi connectivity index (χ3v) is 5.01. The predicted molar refractivity (Wildman–Crippen MR) is 76.0 cm³/mol. The number of ketones is 1. The van der Waals surface area contributed by atoms with Crippen molar-refractivity contribution in [3.05, 3.63) is 35.9 Å². The van der Waals surface area contributed by atoms with Crippen molar-refractivity contribution in [1.29, 1.82) is 0 Å². The van der Waals surface area contributed by atoms with Crippen LogP contribution in [0.4, 0.5) is 0 Å². The van der Waals surface area contributed by atoms with E-state index < -0.39 is 0 Å². The highest BCUT2D eigenvalue weighted by molar-refractivity contribution is 7.99. The van der Waals surface area contributed by atoms with Gasteiger partial charge in [-0.15, -0.1) is 0 Å². The van der Waals surface area contributed by atoms with Crippen molar-refractivity contribution in [2.75, 3.05) is 18.1 Å². The van der Waals surface area contributed by atoms with Crippen LogP contribution in [0.1, 0.15) is 24.3 Å². The quantitative estimate of drug-likeness (QED) is 0.902. The van der Waals surface area contributed by atoms with Crippen molar-refractivity contribution < 1.29 is 4.79 Å². The average Bonchev–Trinajstić information content (AvgIpc) is 3.21. The topological polar surface area (TPSA) is 29.1 Å². The Morgan fingerprint density at radius 1 is 1.33 bits per heavy atom. The SMILES string of the molecule is O=C(CC1CSCCN1)C1CC1c1ccccc1. The number of rotatable bonds is 4. The molecular formula is C15H19NOS. The summed E-state index contributed by atoms with van der Waals surface area (Å²) in [6, 6.07) is 10.9. The molecule has 3 rings (SSSR count). The standard InChI is InChI=1S/C15H19NOS/c17-15(8-12-10-18-7-6-16-12)14-9-13(14)11-4-2-1-3-5-11/h1-5,12-14,16H,6-10H2. The first-order valence-corrected chi connectivity index (χ1v) is 7.89. The molecule has 1 aliphatic carbocycles. The van der Waals surface area contributed by atoms with E-state index >= 15 is 0 Å². The lowest BCUT2D eigenvalue weighted by Gasteiger charge is -2.22. The molecule has 0 amide bonds. The van der Waals surface area contributed by atoms with Gasteiger partial charge in [0.15, 0.2) is 0 Å². The molecule has 3 unspecified atom stereocenters. The Morgan fingerprint density at radius 2 is 2.17 bits per heavy atom. The van der Waals surface area contributed by atoms with Crippen LogP contribution in [0.25, 0.3) is 0 Å². The second-order valence-corrected chi connectivity index (χ2v) is 6.41. The van der Waals surface area contributed by atoms with Crippen LogP contribution in [-0.4, -0.2) is 29.9 Å². The molecule has 1 N–H and O–H groups in total. The Bertz CT molecular complexity index is 414. The monoisotopic (exact) mass is 261 g/mol. The fraction of sp³-hybridized carbons (Fsp3) is 0.533. The number of carbonyl (C=O) groups is 1. The van der Waals surface area contributed by atoms with E-state index in [0.29, 0.717) is 23.7 Å². The van der Waals surface area contributed by atoms with Crippen LogP contribution in [0.15, 0.2) is 30.3 Å². The smallest absolute Gasteiger partial charge is 0.138 e. The van der Waals surface area contributed by atoms with Crippen LogP contribution in [0.3, 0.4) is 0 Å². The van der Waals surface area contributed by atoms with Gasteiger partial charge in [-0.05, 0) is 17.9 Å². The van der Waals surface area contributed by atoms with Gasteiger partial charge in [0, 0.05) is 36.4 Å². The fourth-order valence-electron chi connectivity index (χ4n) is 2.76. The summed E-state index contributed by atoms with van der Waals surface area (Å²) in [6.07, 6.45) is 1.78. The molecule has 1 aromatic carbocycles. The highest BCUT2D eigenvalue weighted by atomic mass is 32.2. The van der Waals surface area contributed by atoms with Crippen molar-refractivity contribution in [2.24, 2.45) is 5.92 Å². The zero-order valence-corrected chi connectivity index (χ0v) is 11.3. The maximum Gasteiger partial charge on any atom is 0.138 e. The third-order valence-electron chi connectivity index (χ3n) is 3.88. The summed E-state index contributed by atoms with van der Waals surface area (Å²) >= 11 is 1.96. The number of nitrogens with one attached hydrogen (secondary N) is 1. The summed E-state index contributed by atoms with van der Waals surface area (Å²) in [5, 5.41) is 3.45. The summed E-state index contributed by atoms with van der Waals surface area (Å²) in [4.78, 5) is 12.2. The molecule has 18 heavy (non-hydrogen) atoms. The van der Waals surface area contributed by atoms with Gasteiger partial charge in [-0.2, -0.15) is 11.8 Å². The molecule has 2 aliphatic rings. The second kappa shape index (κ2) is 5.45. The van der Waals surface area contributed by atoms with Crippen molar-refractivity contribution in [2.45, 2.75) is 24.8 Å². The minimum atomic E-state index is 0.293. The lowest BCUT2D eigenvalue weighted by atomic mass is 10.0. The Hall–Kier alpha value is -0.800. The van der Waals surface area contributed by atoms with Gasteiger partial charge in [-0.25, -0.2) is 0 Å². The van der Waals surface area contributed by atoms with Gasteiger partial charge in [0.25, 0.3) is 0 Å². The summed E-state index contributed by atoms with van der Waals surface area (Å²) in [5.74, 6) is 3.52. The molecule has 0 aromatic heterocycles. The third kappa shape index (κ3) is 2.78. The van der Waals surface area contributed by atoms with Gasteiger partial charge in [-0.1, -0.05) is 30.3 Å². The lowest BCUT2D eigenvalue weighted by Crippen LogP contribution is -2.39. The zero-order chi connectivity index (χ0) is 12.4. The molecule has 2 nitrogen and oxygen atoms in total. The Kier molecular flexibility index (Phi) is 3.71. The molecule has 0 bridgehead atoms. The molecule has 0 spiro atoms. The van der Waals surface area contributed by atoms with Crippen LogP contribution in [0.5, 0.6) is 0 Å². The maximum absolute atomic E-state index is 12.2. The van der Waals surface area contributed by atoms with Crippen LogP contribution in [0, 0.1) is 5.92 Å². The predicted octanol–water partition coefficient (Wildman–Crippen LogP) is 2.45. The molecule has 2 fully saturated rings. The van der Waals surface area contributed by atoms with Crippen molar-refractivity contribution in [3.8, 4) is 0 Å². The summed E-state index contributed by atoms with van der Waals surface area (Å²) in [6.45, 7) is 1.05. The maximum atomic E-state index is 12.2. The molecule has 1 saturated carbocycles. The fourth-order valence-corrected chi connectivity index (χ4v) is 3.71. The molecular weight excluding hydrogens is 242 g/mol. The number of Topliss-reactive ketones (excluding diaryl/α,β-unsaturated/α-hetero) is 1. The van der Waals surface area contributed by atoms with Crippen LogP contribution in [0.2, 0.25) is 0 Å². The molecule has 1 saturated heterocycles. The van der Waals surface area contributed by atoms with Gasteiger partial charge in [-0.3, -0.25) is 4.79 Å². The summed E-state index contributed by atoms with van der Waals surface area (Å²) < 4.78 is 0. The summed E-state index contributed by atoms with van der Waals surface area (Å²) in [5.41, 5.74) is 1.34. The Labute approximate surface area is 113 Å². The minimum Gasteiger partial charge on any atom is -0.312 e. The minimum absolute atomic E-state index is 0.293. The number of thioether (sulfide) groups is 1. The van der Waals surface area contributed by atoms with Gasteiger partial charge < -0.3 is 5.32 Å². The Morgan fingerprint density at radius 3 is 2.89 bits per heavy atom. The zero-order valence-electron chi connectivity index (χ0n) is 10.5. The highest BCUT2D eigenvalue weighted by Crippen LogP contribution is 2.48. The van der Waals surface area contributed by atoms with Gasteiger partial charge in [0.05, 0.1) is 0 Å². The second-order valence-electron chi connectivity index (χ2n) is 5.26. The first kappa shape index (κ1) is 12.2. The van der Waals surface area contributed by atoms with Gasteiger partial charge in [0.2, 0.25) is 0 Å². The van der Waals surface area contributed by atoms with E-state index in [-0.39, 0.29) is 0 Å². The first-order valence-electron chi connectivity index (χ1n) is 6.73. The summed E-state index contributed by atoms with van der Waals surface area (Å²) in [7, 11) is 0. The van der Waals surface area contributed by atoms with Crippen molar-refractivity contribution >= 4 is 17.5 Å². The van der Waals surface area contributed by atoms with Crippen molar-refractivity contribution in [3.63, 3.8) is 0 Å². The van der Waals surface area contributed by atoms with Crippen LogP contribution in [-0.2, 0) is 4.79 Å². The highest BCUT2D eigenvalue weighted by Gasteiger charge is 2.43. The normalized spacial score (nSPS) is 31.0. The number of hydrogen-bond donors (Lipinski definition) is 1. The van der Waals surface area contributed by atoms with Crippen LogP contribution >= 0.6 is 11.8 Å². The molecule has 1 aliphatic heterocycles. The van der Waals surface area contributed by atoms with E-state index in [4.69, 9.17) is 0 Å². The van der Waals surface area contributed by atoms with Gasteiger partial charge in [0.1, 0.15) is 5.78 Å². The van der Waals surface area contributed by atoms with E-state index in [2.05, 4.69) is 29.6 Å². The van der Waals surface area contributed by atoms with E-state index in [9.17, 15) is 4.79 Å². The van der Waals surface area contributed by atoms with Gasteiger partial charge >= 0.3 is 0 Å². The molecule has 3 heteroatoms. The molecule has 96 valence electrons. The lowest BCUT2D eigenvalue weighted by molar-refractivity contribution is -0.120. The van der Waals surface area contributed by atoms with E-state index in [1.807, 2.05) is 17.8 Å². The van der Waals surface area contributed by atoms with Crippen molar-refractivity contribution in [1.82, 2.24) is 5.32 Å². The number of hydrogen-bond acceptors (Lipinski definition) is 3. The average molecular weight is 261 g/mol. The van der Waals surface area contributed by atoms with E-state index in [1.54, 1.807) is 0 Å². The number of benzene rings is 1. The molecule has 1 heterocycles. The largest absolute Gasteiger partial charge is 0.312 e. The first-order chi connectivity index (χ1) is 8.84. The van der Waals surface area contributed by atoms with Crippen LogP contribution < -0.4 is 5.32 Å². The molecule has 3 atom stereocenters. The molecule has 1 aromatic rings. The number of carbonyl (C=O) groups excluding carboxylic acids is 1. The van der Waals surface area contributed by atoms with E-state index in [0.717, 1.165) is 25.1 Å². The Balaban J connectivity index is 1.53. The molecule has 0 radical (unpaired) electrons. The van der Waals surface area contributed by atoms with E-state index in [1.165, 1.54) is 11.3 Å².